The first-order valence-electron chi connectivity index (χ1n) is 34.5. The van der Waals surface area contributed by atoms with Crippen LogP contribution in [0.4, 0.5) is 0 Å². The molecule has 0 aromatic rings. The number of hydrogen-bond donors (Lipinski definition) is 0. The number of hydrogen-bond acceptors (Lipinski definition) is 0. The molecule has 0 N–H and O–H groups in total. The summed E-state index contributed by atoms with van der Waals surface area (Å²) in [6, 6.07) is 0. The van der Waals surface area contributed by atoms with E-state index in [0.29, 0.717) is 0 Å². The van der Waals surface area contributed by atoms with Crippen LogP contribution in [0, 0.1) is 0 Å². The summed E-state index contributed by atoms with van der Waals surface area (Å²) >= 11 is 0. The lowest BCUT2D eigenvalue weighted by Gasteiger charge is -2.05. The zero-order chi connectivity index (χ0) is 50.1. The first-order valence-corrected chi connectivity index (χ1v) is 34.5. The van der Waals surface area contributed by atoms with Crippen LogP contribution in [0.5, 0.6) is 0 Å². The van der Waals surface area contributed by atoms with Gasteiger partial charge in [-0.3, -0.25) is 0 Å². The third-order valence-electron chi connectivity index (χ3n) is 16.8. The summed E-state index contributed by atoms with van der Waals surface area (Å²) in [7, 11) is 0. The smallest absolute Gasteiger partial charge is 0.0353 e. The van der Waals surface area contributed by atoms with E-state index < -0.39 is 0 Å². The molecule has 0 heterocycles. The molecule has 0 nitrogen and oxygen atoms in total. The average Bonchev–Trinajstić information content (AvgIpc) is 3.37. The van der Waals surface area contributed by atoms with Gasteiger partial charge in [0.2, 0.25) is 0 Å². The van der Waals surface area contributed by atoms with Gasteiger partial charge in [0.1, 0.15) is 0 Å². The fourth-order valence-electron chi connectivity index (χ4n) is 11.7. The van der Waals surface area contributed by atoms with Crippen molar-refractivity contribution in [3.8, 4) is 0 Å². The summed E-state index contributed by atoms with van der Waals surface area (Å²) in [4.78, 5) is 0. The molecular formula is C70H140. The highest BCUT2D eigenvalue weighted by Gasteiger charge is 2.01. The van der Waals surface area contributed by atoms with E-state index in [-0.39, 0.29) is 0 Å². The zero-order valence-corrected chi connectivity index (χ0v) is 49.7. The van der Waals surface area contributed by atoms with Gasteiger partial charge in [-0.05, 0) is 12.8 Å². The standard InChI is InChI=1S/C70H140/c1-3-5-7-9-11-13-15-17-19-21-23-25-27-29-31-33-35-37-39-41-43-45-47-49-51-53-55-57-59-61-63-65-67-69-70-68-66-64-62-60-58-56-54-52-50-48-46-44-42-40-38-36-34-32-30-28-26-24-22-20-18-16-14-12-10-8-6-4-2/h3H,1,4-70H2,2H3. The molecule has 0 fully saturated rings. The molecule has 0 aliphatic rings. The van der Waals surface area contributed by atoms with Crippen LogP contribution in [0.1, 0.15) is 437 Å². The zero-order valence-electron chi connectivity index (χ0n) is 49.7. The van der Waals surface area contributed by atoms with Gasteiger partial charge in [-0.25, -0.2) is 0 Å². The molecular weight excluding hydrogens is 841 g/mol. The maximum absolute atomic E-state index is 3.82. The highest BCUT2D eigenvalue weighted by Crippen LogP contribution is 2.20. The van der Waals surface area contributed by atoms with Crippen LogP contribution in [0.2, 0.25) is 0 Å². The quantitative estimate of drug-likeness (QED) is 0.0421. The van der Waals surface area contributed by atoms with E-state index in [9.17, 15) is 0 Å². The predicted molar refractivity (Wildman–Crippen MR) is 325 cm³/mol. The highest BCUT2D eigenvalue weighted by molar-refractivity contribution is 4.65. The van der Waals surface area contributed by atoms with E-state index in [0.717, 1.165) is 0 Å². The minimum absolute atomic E-state index is 1.21. The molecule has 420 valence electrons. The third kappa shape index (κ3) is 67.7. The molecule has 0 radical (unpaired) electrons. The van der Waals surface area contributed by atoms with E-state index >= 15 is 0 Å². The normalized spacial score (nSPS) is 11.7. The van der Waals surface area contributed by atoms with Crippen LogP contribution >= 0.6 is 0 Å². The Morgan fingerprint density at radius 1 is 0.143 bits per heavy atom. The summed E-state index contributed by atoms with van der Waals surface area (Å²) in [6.07, 6.45) is 101. The average molecular weight is 982 g/mol. The van der Waals surface area contributed by atoms with Gasteiger partial charge < -0.3 is 0 Å². The van der Waals surface area contributed by atoms with Crippen molar-refractivity contribution in [2.24, 2.45) is 0 Å². The predicted octanol–water partition coefficient (Wildman–Crippen LogP) is 27.3. The molecule has 0 heteroatoms. The van der Waals surface area contributed by atoms with Crippen molar-refractivity contribution in [2.45, 2.75) is 437 Å². The van der Waals surface area contributed by atoms with Gasteiger partial charge in [-0.2, -0.15) is 0 Å². The monoisotopic (exact) mass is 981 g/mol. The fraction of sp³-hybridized carbons (Fsp3) is 0.971. The lowest BCUT2D eigenvalue weighted by atomic mass is 10.0. The highest BCUT2D eigenvalue weighted by atomic mass is 14.1. The summed E-state index contributed by atoms with van der Waals surface area (Å²) in [5.74, 6) is 0. The Morgan fingerprint density at radius 3 is 0.314 bits per heavy atom. The van der Waals surface area contributed by atoms with E-state index in [1.54, 1.807) is 0 Å². The van der Waals surface area contributed by atoms with Crippen LogP contribution in [0.3, 0.4) is 0 Å². The van der Waals surface area contributed by atoms with Crippen molar-refractivity contribution >= 4 is 0 Å². The van der Waals surface area contributed by atoms with Crippen LogP contribution < -0.4 is 0 Å². The second kappa shape index (κ2) is 68.7. The Balaban J connectivity index is 3.07. The molecule has 0 aliphatic carbocycles. The van der Waals surface area contributed by atoms with Crippen molar-refractivity contribution in [1.82, 2.24) is 0 Å². The van der Waals surface area contributed by atoms with Gasteiger partial charge in [0.15, 0.2) is 0 Å². The summed E-state index contributed by atoms with van der Waals surface area (Å²) in [5, 5.41) is 0. The first-order chi connectivity index (χ1) is 34.9. The molecule has 0 aromatic carbocycles. The largest absolute Gasteiger partial charge is 0.103 e. The Kier molecular flexibility index (Phi) is 68.5. The molecule has 0 amide bonds. The number of rotatable bonds is 67. The Hall–Kier alpha value is -0.260. The van der Waals surface area contributed by atoms with E-state index in [2.05, 4.69) is 19.6 Å². The van der Waals surface area contributed by atoms with Gasteiger partial charge >= 0.3 is 0 Å². The molecule has 0 bridgehead atoms. The van der Waals surface area contributed by atoms with Crippen molar-refractivity contribution in [1.29, 1.82) is 0 Å². The number of unbranched alkanes of at least 4 members (excludes halogenated alkanes) is 66. The van der Waals surface area contributed by atoms with Gasteiger partial charge in [-0.1, -0.05) is 430 Å². The van der Waals surface area contributed by atoms with Crippen LogP contribution in [-0.2, 0) is 0 Å². The lowest BCUT2D eigenvalue weighted by molar-refractivity contribution is 0.506. The van der Waals surface area contributed by atoms with Gasteiger partial charge in [-0.15, -0.1) is 6.58 Å². The molecule has 0 aliphatic heterocycles. The molecule has 0 saturated heterocycles. The molecule has 0 unspecified atom stereocenters. The molecule has 0 saturated carbocycles. The van der Waals surface area contributed by atoms with Crippen LogP contribution in [0.25, 0.3) is 0 Å². The summed E-state index contributed by atoms with van der Waals surface area (Å²) in [5.41, 5.74) is 0. The van der Waals surface area contributed by atoms with Gasteiger partial charge in [0.25, 0.3) is 0 Å². The number of allylic oxidation sites excluding steroid dienone is 1. The van der Waals surface area contributed by atoms with E-state index in [1.807, 2.05) is 0 Å². The van der Waals surface area contributed by atoms with Crippen molar-refractivity contribution in [3.05, 3.63) is 12.7 Å². The Morgan fingerprint density at radius 2 is 0.229 bits per heavy atom. The molecule has 70 heavy (non-hydrogen) atoms. The maximum atomic E-state index is 3.82. The van der Waals surface area contributed by atoms with Crippen molar-refractivity contribution in [2.75, 3.05) is 0 Å². The fourth-order valence-corrected chi connectivity index (χ4v) is 11.7. The lowest BCUT2D eigenvalue weighted by Crippen LogP contribution is -1.85. The van der Waals surface area contributed by atoms with E-state index in [4.69, 9.17) is 0 Å². The SMILES string of the molecule is C=CCCCCCCCCCCCCCCCCCCCCCCCCCCCCCCCCCCCCCCCCCCCCCCCCCCCCCCCCCCCCCCCCCCCC. The van der Waals surface area contributed by atoms with Gasteiger partial charge in [0.05, 0.1) is 0 Å². The molecule has 0 atom stereocenters. The second-order valence-corrected chi connectivity index (χ2v) is 24.1. The van der Waals surface area contributed by atoms with Crippen LogP contribution in [0.15, 0.2) is 12.7 Å². The maximum Gasteiger partial charge on any atom is -0.0353 e. The molecule has 0 spiro atoms. The van der Waals surface area contributed by atoms with E-state index in [1.165, 1.54) is 430 Å². The minimum atomic E-state index is 1.21. The first kappa shape index (κ1) is 69.7. The van der Waals surface area contributed by atoms with Gasteiger partial charge in [0, 0.05) is 0 Å². The summed E-state index contributed by atoms with van der Waals surface area (Å²) < 4.78 is 0. The second-order valence-electron chi connectivity index (χ2n) is 24.1. The van der Waals surface area contributed by atoms with Crippen LogP contribution in [-0.4, -0.2) is 0 Å². The molecule has 0 aromatic heterocycles. The molecule has 0 rings (SSSR count). The van der Waals surface area contributed by atoms with Crippen molar-refractivity contribution in [3.63, 3.8) is 0 Å². The minimum Gasteiger partial charge on any atom is -0.103 e. The van der Waals surface area contributed by atoms with Crippen molar-refractivity contribution < 1.29 is 0 Å². The third-order valence-corrected chi connectivity index (χ3v) is 16.8. The summed E-state index contributed by atoms with van der Waals surface area (Å²) in [6.45, 7) is 6.14. The Labute approximate surface area is 447 Å². The Bertz CT molecular complexity index is 856. The topological polar surface area (TPSA) is 0 Å².